The van der Waals surface area contributed by atoms with Crippen molar-refractivity contribution < 1.29 is 24.1 Å². The molecule has 1 aromatic carbocycles. The van der Waals surface area contributed by atoms with Crippen LogP contribution in [0.25, 0.3) is 0 Å². The van der Waals surface area contributed by atoms with E-state index < -0.39 is 30.4 Å². The molecule has 140 valence electrons. The fourth-order valence-corrected chi connectivity index (χ4v) is 3.57. The van der Waals surface area contributed by atoms with Gasteiger partial charge in [0.25, 0.3) is 0 Å². The van der Waals surface area contributed by atoms with Gasteiger partial charge in [-0.3, -0.25) is 0 Å². The van der Waals surface area contributed by atoms with Gasteiger partial charge in [-0.25, -0.2) is 0 Å². The fraction of sp³-hybridized carbons (Fsp3) is 0.684. The van der Waals surface area contributed by atoms with Crippen LogP contribution in [0.4, 0.5) is 0 Å². The number of fused-ring (bicyclic) bond motifs is 1. The van der Waals surface area contributed by atoms with E-state index in [0.29, 0.717) is 18.1 Å². The quantitative estimate of drug-likeness (QED) is 0.793. The third-order valence-corrected chi connectivity index (χ3v) is 5.02. The first kappa shape index (κ1) is 19.1. The Balaban J connectivity index is 1.71. The molecule has 0 aromatic heterocycles. The van der Waals surface area contributed by atoms with Crippen molar-refractivity contribution in [1.82, 2.24) is 0 Å². The summed E-state index contributed by atoms with van der Waals surface area (Å²) >= 11 is 6.22. The molecule has 2 saturated heterocycles. The van der Waals surface area contributed by atoms with Gasteiger partial charge in [0.1, 0.15) is 18.3 Å². The largest absolute Gasteiger partial charge is 0.390 e. The first-order chi connectivity index (χ1) is 11.9. The van der Waals surface area contributed by atoms with Crippen LogP contribution in [0, 0.1) is 0 Å². The second kappa shape index (κ2) is 7.91. The molecule has 0 radical (unpaired) electrons. The molecule has 6 heteroatoms. The van der Waals surface area contributed by atoms with Crippen LogP contribution in [0.1, 0.15) is 45.6 Å². The summed E-state index contributed by atoms with van der Waals surface area (Å²) in [6.07, 6.45) is 0.233. The summed E-state index contributed by atoms with van der Waals surface area (Å²) in [4.78, 5) is 0. The van der Waals surface area contributed by atoms with E-state index in [0.717, 1.165) is 18.4 Å². The zero-order valence-corrected chi connectivity index (χ0v) is 15.7. The minimum atomic E-state index is -0.722. The van der Waals surface area contributed by atoms with Crippen LogP contribution in [0.5, 0.6) is 0 Å². The lowest BCUT2D eigenvalue weighted by Crippen LogP contribution is -2.42. The number of benzene rings is 1. The second-order valence-corrected chi connectivity index (χ2v) is 7.55. The Hall–Kier alpha value is -0.690. The van der Waals surface area contributed by atoms with Crippen molar-refractivity contribution >= 4 is 11.6 Å². The second-order valence-electron chi connectivity index (χ2n) is 7.15. The molecule has 1 aromatic rings. The molecule has 5 nitrogen and oxygen atoms in total. The van der Waals surface area contributed by atoms with Crippen LogP contribution in [0.3, 0.4) is 0 Å². The number of halogens is 1. The van der Waals surface area contributed by atoms with Gasteiger partial charge in [-0.2, -0.15) is 0 Å². The molecule has 0 saturated carbocycles. The molecule has 0 amide bonds. The molecule has 2 aliphatic rings. The zero-order valence-electron chi connectivity index (χ0n) is 15.0. The van der Waals surface area contributed by atoms with Gasteiger partial charge < -0.3 is 24.1 Å². The minimum absolute atomic E-state index is 0.331. The first-order valence-corrected chi connectivity index (χ1v) is 9.33. The van der Waals surface area contributed by atoms with Gasteiger partial charge in [-0.05, 0) is 31.9 Å². The molecule has 25 heavy (non-hydrogen) atoms. The Morgan fingerprint density at radius 1 is 1.28 bits per heavy atom. The maximum absolute atomic E-state index is 10.5. The Morgan fingerprint density at radius 2 is 2.04 bits per heavy atom. The monoisotopic (exact) mass is 370 g/mol. The third-order valence-electron chi connectivity index (χ3n) is 4.65. The highest BCUT2D eigenvalue weighted by Crippen LogP contribution is 2.40. The van der Waals surface area contributed by atoms with E-state index in [-0.39, 0.29) is 6.10 Å². The summed E-state index contributed by atoms with van der Waals surface area (Å²) in [6.45, 7) is 6.12. The predicted molar refractivity (Wildman–Crippen MR) is 94.3 cm³/mol. The van der Waals surface area contributed by atoms with E-state index in [1.807, 2.05) is 38.1 Å². The maximum atomic E-state index is 10.5. The molecule has 3 rings (SSSR count). The molecule has 2 aliphatic heterocycles. The number of ether oxygens (including phenoxy) is 4. The summed E-state index contributed by atoms with van der Waals surface area (Å²) in [5.41, 5.74) is 0.896. The van der Waals surface area contributed by atoms with E-state index >= 15 is 0 Å². The van der Waals surface area contributed by atoms with Crippen molar-refractivity contribution in [2.45, 2.75) is 83.1 Å². The topological polar surface area (TPSA) is 57.2 Å². The molecule has 2 heterocycles. The Bertz CT molecular complexity index is 579. The Labute approximate surface area is 154 Å². The number of aliphatic hydroxyl groups excluding tert-OH is 1. The van der Waals surface area contributed by atoms with Gasteiger partial charge in [0, 0.05) is 5.02 Å². The summed E-state index contributed by atoms with van der Waals surface area (Å²) in [5.74, 6) is -0.722. The van der Waals surface area contributed by atoms with Crippen LogP contribution in [0.2, 0.25) is 5.02 Å². The lowest BCUT2D eigenvalue weighted by molar-refractivity contribution is -0.230. The number of hydrogen-bond acceptors (Lipinski definition) is 5. The molecule has 0 aliphatic carbocycles. The average molecular weight is 371 g/mol. The number of hydrogen-bond donors (Lipinski definition) is 1. The van der Waals surface area contributed by atoms with Crippen LogP contribution in [0.15, 0.2) is 24.3 Å². The van der Waals surface area contributed by atoms with E-state index in [4.69, 9.17) is 30.5 Å². The Kier molecular flexibility index (Phi) is 6.03. The molecule has 0 spiro atoms. The summed E-state index contributed by atoms with van der Waals surface area (Å²) in [6, 6.07) is 7.56. The predicted octanol–water partition coefficient (Wildman–Crippen LogP) is 3.65. The van der Waals surface area contributed by atoms with Crippen molar-refractivity contribution in [2.24, 2.45) is 0 Å². The van der Waals surface area contributed by atoms with Gasteiger partial charge in [-0.1, -0.05) is 49.6 Å². The van der Waals surface area contributed by atoms with E-state index in [2.05, 4.69) is 6.92 Å². The van der Waals surface area contributed by atoms with Crippen LogP contribution in [-0.4, -0.2) is 41.6 Å². The normalized spacial score (nSPS) is 31.9. The van der Waals surface area contributed by atoms with E-state index in [1.165, 1.54) is 0 Å². The van der Waals surface area contributed by atoms with Crippen molar-refractivity contribution in [1.29, 1.82) is 0 Å². The number of aliphatic hydroxyl groups is 1. The van der Waals surface area contributed by atoms with Crippen molar-refractivity contribution in [3.63, 3.8) is 0 Å². The third kappa shape index (κ3) is 4.35. The highest BCUT2D eigenvalue weighted by molar-refractivity contribution is 6.31. The lowest BCUT2D eigenvalue weighted by atomic mass is 10.0. The van der Waals surface area contributed by atoms with Gasteiger partial charge in [0.2, 0.25) is 0 Å². The molecule has 5 atom stereocenters. The van der Waals surface area contributed by atoms with E-state index in [1.54, 1.807) is 0 Å². The van der Waals surface area contributed by atoms with Gasteiger partial charge in [0.05, 0.1) is 12.7 Å². The molecule has 2 fully saturated rings. The number of rotatable bonds is 7. The molecule has 0 bridgehead atoms. The maximum Gasteiger partial charge on any atom is 0.190 e. The smallest absolute Gasteiger partial charge is 0.190 e. The SMILES string of the molecule is CCCC[C@H](O)[C@H]1O[C@@H]2OC(C)(C)O[C@@H]2[C@H]1OCc1ccccc1Cl. The number of unbranched alkanes of at least 4 members (excludes halogenated alkanes) is 1. The fourth-order valence-electron chi connectivity index (χ4n) is 3.38. The Morgan fingerprint density at radius 3 is 2.76 bits per heavy atom. The molecule has 0 unspecified atom stereocenters. The zero-order chi connectivity index (χ0) is 18.0. The standard InChI is InChI=1S/C19H27ClO5/c1-4-5-10-14(21)15-16(17-18(23-15)25-19(2,3)24-17)22-11-12-8-6-7-9-13(12)20/h6-9,14-18,21H,4-5,10-11H2,1-3H3/t14-,15+,16-,17+,18+/m0/s1. The summed E-state index contributed by atoms with van der Waals surface area (Å²) < 4.78 is 23.8. The summed E-state index contributed by atoms with van der Waals surface area (Å²) in [7, 11) is 0. The van der Waals surface area contributed by atoms with Crippen LogP contribution in [-0.2, 0) is 25.6 Å². The lowest BCUT2D eigenvalue weighted by Gasteiger charge is -2.28. The van der Waals surface area contributed by atoms with E-state index in [9.17, 15) is 5.11 Å². The molecular formula is C19H27ClO5. The van der Waals surface area contributed by atoms with Gasteiger partial charge in [-0.15, -0.1) is 0 Å². The highest BCUT2D eigenvalue weighted by atomic mass is 35.5. The average Bonchev–Trinajstić information content (AvgIpc) is 3.04. The highest BCUT2D eigenvalue weighted by Gasteiger charge is 2.56. The van der Waals surface area contributed by atoms with Gasteiger partial charge in [0.15, 0.2) is 12.1 Å². The molecule has 1 N–H and O–H groups in total. The van der Waals surface area contributed by atoms with Gasteiger partial charge >= 0.3 is 0 Å². The minimum Gasteiger partial charge on any atom is -0.390 e. The van der Waals surface area contributed by atoms with Crippen molar-refractivity contribution in [3.8, 4) is 0 Å². The molecular weight excluding hydrogens is 344 g/mol. The first-order valence-electron chi connectivity index (χ1n) is 8.95. The van der Waals surface area contributed by atoms with Crippen LogP contribution >= 0.6 is 11.6 Å². The van der Waals surface area contributed by atoms with Crippen molar-refractivity contribution in [2.75, 3.05) is 0 Å². The summed E-state index contributed by atoms with van der Waals surface area (Å²) in [5, 5.41) is 11.2. The van der Waals surface area contributed by atoms with Crippen LogP contribution < -0.4 is 0 Å². The van der Waals surface area contributed by atoms with Crippen molar-refractivity contribution in [3.05, 3.63) is 34.9 Å².